The van der Waals surface area contributed by atoms with Gasteiger partial charge in [-0.15, -0.1) is 0 Å². The fourth-order valence-electron chi connectivity index (χ4n) is 3.90. The maximum atomic E-state index is 3.53. The number of hydrogen-bond acceptors (Lipinski definition) is 0. The van der Waals surface area contributed by atoms with E-state index in [1.165, 1.54) is 55.2 Å². The second-order valence-electron chi connectivity index (χ2n) is 5.88. The van der Waals surface area contributed by atoms with Gasteiger partial charge in [0.2, 0.25) is 0 Å². The third-order valence-corrected chi connectivity index (χ3v) is 4.77. The lowest BCUT2D eigenvalue weighted by atomic mass is 9.89. The second kappa shape index (κ2) is 4.52. The van der Waals surface area contributed by atoms with E-state index in [-0.39, 0.29) is 0 Å². The summed E-state index contributed by atoms with van der Waals surface area (Å²) in [6.07, 6.45) is 8.00. The summed E-state index contributed by atoms with van der Waals surface area (Å²) in [4.78, 5) is 0. The van der Waals surface area contributed by atoms with Gasteiger partial charge >= 0.3 is 0 Å². The van der Waals surface area contributed by atoms with E-state index in [0.29, 0.717) is 5.92 Å². The molecule has 0 heterocycles. The van der Waals surface area contributed by atoms with Gasteiger partial charge in [-0.05, 0) is 53.1 Å². The lowest BCUT2D eigenvalue weighted by Gasteiger charge is -2.15. The molecule has 0 saturated heterocycles. The van der Waals surface area contributed by atoms with Gasteiger partial charge in [-0.3, -0.25) is 0 Å². The average Bonchev–Trinajstić information content (AvgIpc) is 2.82. The molecular formula is C19H19. The summed E-state index contributed by atoms with van der Waals surface area (Å²) in [5, 5.41) is 0. The minimum atomic E-state index is 0.636. The Morgan fingerprint density at radius 1 is 0.895 bits per heavy atom. The summed E-state index contributed by atoms with van der Waals surface area (Å²) in [6, 6.07) is 16.9. The first kappa shape index (κ1) is 11.3. The molecule has 0 bridgehead atoms. The van der Waals surface area contributed by atoms with E-state index in [1.807, 2.05) is 0 Å². The Morgan fingerprint density at radius 3 is 2.79 bits per heavy atom. The zero-order chi connectivity index (χ0) is 12.7. The van der Waals surface area contributed by atoms with Crippen LogP contribution < -0.4 is 0 Å². The topological polar surface area (TPSA) is 0 Å². The van der Waals surface area contributed by atoms with E-state index in [2.05, 4.69) is 42.5 Å². The van der Waals surface area contributed by atoms with Crippen molar-refractivity contribution in [2.45, 2.75) is 44.4 Å². The molecule has 95 valence electrons. The maximum Gasteiger partial charge on any atom is 0.0105 e. The molecule has 1 atom stereocenters. The van der Waals surface area contributed by atoms with E-state index in [4.69, 9.17) is 0 Å². The van der Waals surface area contributed by atoms with Crippen LogP contribution in [-0.4, -0.2) is 0 Å². The van der Waals surface area contributed by atoms with Gasteiger partial charge in [0.1, 0.15) is 0 Å². The van der Waals surface area contributed by atoms with Crippen molar-refractivity contribution >= 4 is 0 Å². The van der Waals surface area contributed by atoms with Crippen molar-refractivity contribution in [3.8, 4) is 11.1 Å². The van der Waals surface area contributed by atoms with Gasteiger partial charge in [-0.2, -0.15) is 0 Å². The summed E-state index contributed by atoms with van der Waals surface area (Å²) in [6.45, 7) is 0. The smallest absolute Gasteiger partial charge is 0.0105 e. The van der Waals surface area contributed by atoms with Crippen LogP contribution in [-0.2, 0) is 6.42 Å². The van der Waals surface area contributed by atoms with Gasteiger partial charge in [-0.25, -0.2) is 0 Å². The lowest BCUT2D eigenvalue weighted by Crippen LogP contribution is -2.00. The zero-order valence-electron chi connectivity index (χ0n) is 11.3. The van der Waals surface area contributed by atoms with Crippen molar-refractivity contribution in [1.29, 1.82) is 0 Å². The van der Waals surface area contributed by atoms with E-state index in [1.54, 1.807) is 11.1 Å². The summed E-state index contributed by atoms with van der Waals surface area (Å²) in [5.74, 6) is 0.636. The third-order valence-electron chi connectivity index (χ3n) is 4.77. The number of benzene rings is 2. The first-order valence-corrected chi connectivity index (χ1v) is 7.58. The normalized spacial score (nSPS) is 20.9. The number of hydrogen-bond donors (Lipinski definition) is 0. The van der Waals surface area contributed by atoms with E-state index >= 15 is 0 Å². The number of fused-ring (bicyclic) bond motifs is 3. The van der Waals surface area contributed by atoms with Gasteiger partial charge < -0.3 is 0 Å². The summed E-state index contributed by atoms with van der Waals surface area (Å²) < 4.78 is 0. The van der Waals surface area contributed by atoms with Crippen molar-refractivity contribution in [2.75, 3.05) is 0 Å². The molecule has 1 unspecified atom stereocenters. The minimum Gasteiger partial charge on any atom is -0.0619 e. The van der Waals surface area contributed by atoms with Crippen molar-refractivity contribution < 1.29 is 0 Å². The van der Waals surface area contributed by atoms with E-state index in [0.717, 1.165) is 0 Å². The van der Waals surface area contributed by atoms with Crippen molar-refractivity contribution in [2.24, 2.45) is 0 Å². The molecule has 0 spiro atoms. The van der Waals surface area contributed by atoms with Crippen LogP contribution in [0.4, 0.5) is 0 Å². The highest BCUT2D eigenvalue weighted by Gasteiger charge is 2.30. The maximum absolute atomic E-state index is 3.53. The average molecular weight is 247 g/mol. The van der Waals surface area contributed by atoms with Gasteiger partial charge in [0, 0.05) is 5.92 Å². The number of rotatable bonds is 0. The highest BCUT2D eigenvalue weighted by molar-refractivity contribution is 5.79. The molecule has 0 N–H and O–H groups in total. The van der Waals surface area contributed by atoms with Crippen LogP contribution in [0.15, 0.2) is 36.4 Å². The van der Waals surface area contributed by atoms with Crippen LogP contribution in [0.25, 0.3) is 11.1 Å². The molecule has 2 aliphatic carbocycles. The second-order valence-corrected chi connectivity index (χ2v) is 5.88. The summed E-state index contributed by atoms with van der Waals surface area (Å²) in [5.41, 5.74) is 7.60. The Kier molecular flexibility index (Phi) is 2.69. The van der Waals surface area contributed by atoms with Crippen LogP contribution >= 0.6 is 0 Å². The molecule has 0 heteroatoms. The first-order valence-electron chi connectivity index (χ1n) is 7.58. The van der Waals surface area contributed by atoms with Crippen molar-refractivity contribution in [3.05, 3.63) is 59.2 Å². The molecule has 0 nitrogen and oxygen atoms in total. The Balaban J connectivity index is 1.95. The zero-order valence-corrected chi connectivity index (χ0v) is 11.3. The van der Waals surface area contributed by atoms with Crippen molar-refractivity contribution in [3.63, 3.8) is 0 Å². The molecule has 0 aromatic heterocycles. The molecular weight excluding hydrogens is 228 g/mol. The number of aryl methyl sites for hydroxylation is 1. The van der Waals surface area contributed by atoms with E-state index in [9.17, 15) is 0 Å². The predicted octanol–water partition coefficient (Wildman–Crippen LogP) is 5.11. The molecule has 0 amide bonds. The molecule has 2 aromatic carbocycles. The molecule has 0 saturated carbocycles. The fraction of sp³-hybridized carbons (Fsp3) is 0.368. The highest BCUT2D eigenvalue weighted by Crippen LogP contribution is 2.48. The standard InChI is InChI=1S/C19H19/c1-2-4-12-17-15-10-5-6-11-16(15)18-13-7-9-14(8-3-1)19(17)18/h5-7,10-11,13,17H,1-4,8,12H2. The highest BCUT2D eigenvalue weighted by atomic mass is 14.3. The van der Waals surface area contributed by atoms with Crippen LogP contribution in [0.5, 0.6) is 0 Å². The van der Waals surface area contributed by atoms with Gasteiger partial charge in [-0.1, -0.05) is 55.7 Å². The van der Waals surface area contributed by atoms with Crippen LogP contribution in [0.3, 0.4) is 0 Å². The third kappa shape index (κ3) is 1.74. The molecule has 0 aliphatic heterocycles. The van der Waals surface area contributed by atoms with Crippen LogP contribution in [0.2, 0.25) is 0 Å². The Bertz CT molecular complexity index is 609. The summed E-state index contributed by atoms with van der Waals surface area (Å²) in [7, 11) is 0. The van der Waals surface area contributed by atoms with Crippen molar-refractivity contribution in [1.82, 2.24) is 0 Å². The molecule has 4 rings (SSSR count). The fourth-order valence-corrected chi connectivity index (χ4v) is 3.90. The van der Waals surface area contributed by atoms with Crippen LogP contribution in [0.1, 0.15) is 54.7 Å². The SMILES string of the molecule is [c]1ccc2c3c1CCCCCCC3c1ccccc1-2. The first-order chi connectivity index (χ1) is 9.45. The molecule has 1 radical (unpaired) electrons. The Hall–Kier alpha value is -1.56. The predicted molar refractivity (Wildman–Crippen MR) is 79.3 cm³/mol. The molecule has 0 fully saturated rings. The Labute approximate surface area is 115 Å². The van der Waals surface area contributed by atoms with Gasteiger partial charge in [0.15, 0.2) is 0 Å². The largest absolute Gasteiger partial charge is 0.0619 e. The Morgan fingerprint density at radius 2 is 1.79 bits per heavy atom. The van der Waals surface area contributed by atoms with Gasteiger partial charge in [0.05, 0.1) is 0 Å². The summed E-state index contributed by atoms with van der Waals surface area (Å²) >= 11 is 0. The molecule has 19 heavy (non-hydrogen) atoms. The van der Waals surface area contributed by atoms with Crippen LogP contribution in [0, 0.1) is 6.07 Å². The lowest BCUT2D eigenvalue weighted by molar-refractivity contribution is 0.605. The van der Waals surface area contributed by atoms with E-state index < -0.39 is 0 Å². The molecule has 2 aromatic rings. The quantitative estimate of drug-likeness (QED) is 0.607. The molecule has 2 aliphatic rings. The minimum absolute atomic E-state index is 0.636. The van der Waals surface area contributed by atoms with Gasteiger partial charge in [0.25, 0.3) is 0 Å². The monoisotopic (exact) mass is 247 g/mol.